The quantitative estimate of drug-likeness (QED) is 0.385. The predicted octanol–water partition coefficient (Wildman–Crippen LogP) is -1.02. The van der Waals surface area contributed by atoms with Crippen LogP contribution in [-0.2, 0) is 14.4 Å². The normalized spacial score (nSPS) is 27.8. The molecule has 0 unspecified atom stereocenters. The summed E-state index contributed by atoms with van der Waals surface area (Å²) in [6.45, 7) is 1.02. The number of nitrogens with zero attached hydrogens (tertiary/aromatic N) is 2. The van der Waals surface area contributed by atoms with E-state index in [1.807, 2.05) is 0 Å². The molecule has 0 aliphatic carbocycles. The molecule has 2 aliphatic heterocycles. The molecule has 2 heterocycles. The largest absolute Gasteiger partial charge is 0.330 e. The second-order valence-electron chi connectivity index (χ2n) is 3.36. The van der Waals surface area contributed by atoms with E-state index in [1.165, 1.54) is 0 Å². The van der Waals surface area contributed by atoms with Gasteiger partial charge < -0.3 is 4.90 Å². The number of hydrogen-bond acceptors (Lipinski definition) is 3. The Morgan fingerprint density at radius 2 is 2.08 bits per heavy atom. The van der Waals surface area contributed by atoms with Crippen molar-refractivity contribution in [2.45, 2.75) is 18.9 Å². The van der Waals surface area contributed by atoms with E-state index in [0.29, 0.717) is 19.5 Å². The van der Waals surface area contributed by atoms with E-state index in [1.54, 1.807) is 4.90 Å². The smallest absolute Gasteiger partial charge is 0.318 e. The van der Waals surface area contributed by atoms with Gasteiger partial charge >= 0.3 is 11.8 Å². The molecule has 0 radical (unpaired) electrons. The molecule has 13 heavy (non-hydrogen) atoms. The first-order chi connectivity index (χ1) is 6.24. The highest BCUT2D eigenvalue weighted by Gasteiger charge is 2.41. The number of carbonyl (C=O) groups excluding carboxylic acids is 3. The third-order valence-electron chi connectivity index (χ3n) is 2.62. The van der Waals surface area contributed by atoms with E-state index in [4.69, 9.17) is 0 Å². The molecular weight excluding hydrogens is 172 g/mol. The van der Waals surface area contributed by atoms with E-state index in [0.717, 1.165) is 17.7 Å². The van der Waals surface area contributed by atoms with Crippen molar-refractivity contribution in [3.05, 3.63) is 0 Å². The van der Waals surface area contributed by atoms with Crippen LogP contribution in [-0.4, -0.2) is 47.2 Å². The van der Waals surface area contributed by atoms with Crippen molar-refractivity contribution in [3.63, 3.8) is 0 Å². The lowest BCUT2D eigenvalue weighted by Gasteiger charge is -2.33. The number of rotatable bonds is 1. The van der Waals surface area contributed by atoms with E-state index in [9.17, 15) is 14.4 Å². The minimum absolute atomic E-state index is 0.0652. The van der Waals surface area contributed by atoms with Gasteiger partial charge in [0.25, 0.3) is 0 Å². The van der Waals surface area contributed by atoms with Crippen LogP contribution in [0, 0.1) is 0 Å². The molecule has 5 heteroatoms. The van der Waals surface area contributed by atoms with Crippen LogP contribution >= 0.6 is 0 Å². The summed E-state index contributed by atoms with van der Waals surface area (Å²) in [5.74, 6) is -1.21. The monoisotopic (exact) mass is 182 g/mol. The Labute approximate surface area is 75.3 Å². The van der Waals surface area contributed by atoms with Crippen molar-refractivity contribution >= 4 is 18.2 Å². The Bertz CT molecular complexity index is 277. The average molecular weight is 182 g/mol. The molecule has 70 valence electrons. The van der Waals surface area contributed by atoms with E-state index >= 15 is 0 Å². The molecule has 2 rings (SSSR count). The third kappa shape index (κ3) is 1.11. The van der Waals surface area contributed by atoms with Gasteiger partial charge in [0.2, 0.25) is 6.41 Å². The lowest BCUT2D eigenvalue weighted by molar-refractivity contribution is -0.159. The molecule has 5 nitrogen and oxygen atoms in total. The standard InChI is InChI=1S/C8H10N2O3/c11-5-9-4-6-2-1-3-10(6)8(13)7(9)12/h5-6H,1-4H2/t6-/m0/s1. The highest BCUT2D eigenvalue weighted by molar-refractivity contribution is 6.37. The maximum Gasteiger partial charge on any atom is 0.318 e. The number of amides is 3. The van der Waals surface area contributed by atoms with Gasteiger partial charge in [0, 0.05) is 13.1 Å². The van der Waals surface area contributed by atoms with Gasteiger partial charge in [0.15, 0.2) is 0 Å². The fraction of sp³-hybridized carbons (Fsp3) is 0.625. The zero-order chi connectivity index (χ0) is 9.42. The summed E-state index contributed by atoms with van der Waals surface area (Å²) in [7, 11) is 0. The molecule has 2 aliphatic rings. The Kier molecular flexibility index (Phi) is 1.79. The van der Waals surface area contributed by atoms with Crippen molar-refractivity contribution in [3.8, 4) is 0 Å². The zero-order valence-electron chi connectivity index (χ0n) is 7.10. The number of hydrogen-bond donors (Lipinski definition) is 0. The Morgan fingerprint density at radius 1 is 1.31 bits per heavy atom. The fourth-order valence-corrected chi connectivity index (χ4v) is 1.94. The van der Waals surface area contributed by atoms with Gasteiger partial charge in [-0.1, -0.05) is 0 Å². The van der Waals surface area contributed by atoms with Crippen LogP contribution in [0.25, 0.3) is 0 Å². The molecule has 2 fully saturated rings. The molecule has 0 aromatic heterocycles. The van der Waals surface area contributed by atoms with Crippen molar-refractivity contribution in [1.82, 2.24) is 9.80 Å². The minimum Gasteiger partial charge on any atom is -0.330 e. The highest BCUT2D eigenvalue weighted by Crippen LogP contribution is 2.22. The second kappa shape index (κ2) is 2.83. The number of carbonyl (C=O) groups is 3. The first kappa shape index (κ1) is 8.22. The van der Waals surface area contributed by atoms with Gasteiger partial charge in [-0.25, -0.2) is 0 Å². The molecule has 0 N–H and O–H groups in total. The van der Waals surface area contributed by atoms with Gasteiger partial charge in [-0.15, -0.1) is 0 Å². The number of piperazine rings is 1. The average Bonchev–Trinajstić information content (AvgIpc) is 2.59. The summed E-state index contributed by atoms with van der Waals surface area (Å²) < 4.78 is 0. The lowest BCUT2D eigenvalue weighted by atomic mass is 10.1. The van der Waals surface area contributed by atoms with Crippen LogP contribution in [0.4, 0.5) is 0 Å². The van der Waals surface area contributed by atoms with Crippen molar-refractivity contribution in [2.75, 3.05) is 13.1 Å². The summed E-state index contributed by atoms with van der Waals surface area (Å²) in [6.07, 6.45) is 2.26. The second-order valence-corrected chi connectivity index (χ2v) is 3.36. The van der Waals surface area contributed by atoms with Gasteiger partial charge in [-0.3, -0.25) is 19.3 Å². The van der Waals surface area contributed by atoms with Gasteiger partial charge in [0.05, 0.1) is 6.04 Å². The first-order valence-electron chi connectivity index (χ1n) is 4.31. The van der Waals surface area contributed by atoms with Crippen LogP contribution in [0.15, 0.2) is 0 Å². The van der Waals surface area contributed by atoms with E-state index in [2.05, 4.69) is 0 Å². The van der Waals surface area contributed by atoms with Crippen molar-refractivity contribution in [1.29, 1.82) is 0 Å². The predicted molar refractivity (Wildman–Crippen MR) is 42.5 cm³/mol. The molecule has 0 aromatic carbocycles. The molecular formula is C8H10N2O3. The molecule has 1 atom stereocenters. The van der Waals surface area contributed by atoms with Crippen molar-refractivity contribution < 1.29 is 14.4 Å². The first-order valence-corrected chi connectivity index (χ1v) is 4.31. The minimum atomic E-state index is -0.687. The van der Waals surface area contributed by atoms with Crippen LogP contribution in [0.2, 0.25) is 0 Å². The topological polar surface area (TPSA) is 57.7 Å². The van der Waals surface area contributed by atoms with Gasteiger partial charge in [-0.05, 0) is 12.8 Å². The SMILES string of the molecule is O=CN1C[C@@H]2CCCN2C(=O)C1=O. The Hall–Kier alpha value is -1.39. The number of fused-ring (bicyclic) bond motifs is 1. The molecule has 0 saturated carbocycles. The summed E-state index contributed by atoms with van der Waals surface area (Å²) in [5.41, 5.74) is 0. The van der Waals surface area contributed by atoms with Crippen molar-refractivity contribution in [2.24, 2.45) is 0 Å². The zero-order valence-corrected chi connectivity index (χ0v) is 7.10. The van der Waals surface area contributed by atoms with Gasteiger partial charge in [-0.2, -0.15) is 0 Å². The lowest BCUT2D eigenvalue weighted by Crippen LogP contribution is -2.56. The summed E-state index contributed by atoms with van der Waals surface area (Å²) in [6, 6.07) is 0.0652. The summed E-state index contributed by atoms with van der Waals surface area (Å²) in [5, 5.41) is 0. The molecule has 0 bridgehead atoms. The van der Waals surface area contributed by atoms with Gasteiger partial charge in [0.1, 0.15) is 0 Å². The van der Waals surface area contributed by atoms with E-state index < -0.39 is 11.8 Å². The Morgan fingerprint density at radius 3 is 2.77 bits per heavy atom. The third-order valence-corrected chi connectivity index (χ3v) is 2.62. The molecule has 0 aromatic rings. The van der Waals surface area contributed by atoms with Crippen LogP contribution < -0.4 is 0 Å². The molecule has 3 amide bonds. The summed E-state index contributed by atoms with van der Waals surface area (Å²) >= 11 is 0. The van der Waals surface area contributed by atoms with E-state index in [-0.39, 0.29) is 6.04 Å². The Balaban J connectivity index is 2.22. The summed E-state index contributed by atoms with van der Waals surface area (Å²) in [4.78, 5) is 35.5. The van der Waals surface area contributed by atoms with Crippen LogP contribution in [0.1, 0.15) is 12.8 Å². The highest BCUT2D eigenvalue weighted by atomic mass is 16.2. The van der Waals surface area contributed by atoms with Crippen LogP contribution in [0.5, 0.6) is 0 Å². The maximum atomic E-state index is 11.4. The number of imide groups is 1. The molecule has 2 saturated heterocycles. The maximum absolute atomic E-state index is 11.4. The van der Waals surface area contributed by atoms with Crippen LogP contribution in [0.3, 0.4) is 0 Å². The fourth-order valence-electron chi connectivity index (χ4n) is 1.94. The molecule has 0 spiro atoms.